The van der Waals surface area contributed by atoms with Crippen molar-refractivity contribution in [3.05, 3.63) is 59.4 Å². The van der Waals surface area contributed by atoms with E-state index in [0.717, 1.165) is 11.1 Å². The van der Waals surface area contributed by atoms with E-state index in [1.165, 1.54) is 37.3 Å². The second-order valence-corrected chi connectivity index (χ2v) is 8.29. The van der Waals surface area contributed by atoms with Gasteiger partial charge in [-0.05, 0) is 68.3 Å². The van der Waals surface area contributed by atoms with Crippen molar-refractivity contribution >= 4 is 27.6 Å². The summed E-state index contributed by atoms with van der Waals surface area (Å²) in [5, 5.41) is 2.49. The van der Waals surface area contributed by atoms with Gasteiger partial charge in [0.15, 0.2) is 6.10 Å². The minimum Gasteiger partial charge on any atom is -0.452 e. The molecule has 2 aromatic rings. The number of benzene rings is 2. The summed E-state index contributed by atoms with van der Waals surface area (Å²) < 4.78 is 44.8. The predicted molar refractivity (Wildman–Crippen MR) is 106 cm³/mol. The number of hydrogen-bond acceptors (Lipinski definition) is 5. The van der Waals surface area contributed by atoms with Crippen LogP contribution in [0, 0.1) is 19.7 Å². The zero-order chi connectivity index (χ0) is 21.6. The quantitative estimate of drug-likeness (QED) is 0.637. The average Bonchev–Trinajstić information content (AvgIpc) is 2.65. The number of ether oxygens (including phenoxy) is 1. The normalized spacial score (nSPS) is 12.3. The maximum atomic E-state index is 12.9. The predicted octanol–water partition coefficient (Wildman–Crippen LogP) is 2.68. The van der Waals surface area contributed by atoms with Crippen molar-refractivity contribution in [2.24, 2.45) is 0 Å². The SMILES string of the molecule is Cc1ccc(S(=O)(=O)NCCC(=O)O[C@@H](C)C(=O)Nc2ccc(F)cc2)cc1C. The molecule has 0 saturated heterocycles. The molecule has 0 bridgehead atoms. The lowest BCUT2D eigenvalue weighted by atomic mass is 10.1. The minimum absolute atomic E-state index is 0.112. The van der Waals surface area contributed by atoms with Gasteiger partial charge in [-0.2, -0.15) is 0 Å². The van der Waals surface area contributed by atoms with Gasteiger partial charge in [0.2, 0.25) is 10.0 Å². The van der Waals surface area contributed by atoms with Gasteiger partial charge in [-0.15, -0.1) is 0 Å². The van der Waals surface area contributed by atoms with Crippen LogP contribution in [0.1, 0.15) is 24.5 Å². The molecule has 2 aromatic carbocycles. The first-order valence-electron chi connectivity index (χ1n) is 8.91. The molecule has 0 saturated carbocycles. The summed E-state index contributed by atoms with van der Waals surface area (Å²) >= 11 is 0. The molecule has 0 aliphatic rings. The first-order chi connectivity index (χ1) is 13.6. The molecule has 0 radical (unpaired) electrons. The Hall–Kier alpha value is -2.78. The highest BCUT2D eigenvalue weighted by Crippen LogP contribution is 2.14. The molecule has 0 aliphatic heterocycles. The fraction of sp³-hybridized carbons (Fsp3) is 0.300. The molecule has 29 heavy (non-hydrogen) atoms. The van der Waals surface area contributed by atoms with Crippen LogP contribution in [-0.4, -0.2) is 32.9 Å². The van der Waals surface area contributed by atoms with Crippen LogP contribution in [0.3, 0.4) is 0 Å². The molecule has 0 spiro atoms. The van der Waals surface area contributed by atoms with Crippen molar-refractivity contribution in [3.8, 4) is 0 Å². The van der Waals surface area contributed by atoms with Crippen molar-refractivity contribution in [2.75, 3.05) is 11.9 Å². The van der Waals surface area contributed by atoms with Gasteiger partial charge in [-0.25, -0.2) is 17.5 Å². The van der Waals surface area contributed by atoms with Gasteiger partial charge < -0.3 is 10.1 Å². The number of amides is 1. The summed E-state index contributed by atoms with van der Waals surface area (Å²) in [6, 6.07) is 9.89. The number of anilines is 1. The highest BCUT2D eigenvalue weighted by Gasteiger charge is 2.19. The first-order valence-corrected chi connectivity index (χ1v) is 10.4. The standard InChI is InChI=1S/C20H23FN2O5S/c1-13-4-9-18(12-14(13)2)29(26,27)22-11-10-19(24)28-15(3)20(25)23-17-7-5-16(21)6-8-17/h4-9,12,15,22H,10-11H2,1-3H3,(H,23,25)/t15-/m0/s1. The van der Waals surface area contributed by atoms with Crippen LogP contribution in [0.5, 0.6) is 0 Å². The van der Waals surface area contributed by atoms with Crippen molar-refractivity contribution in [2.45, 2.75) is 38.2 Å². The van der Waals surface area contributed by atoms with E-state index in [0.29, 0.717) is 5.69 Å². The average molecular weight is 422 g/mol. The number of carbonyl (C=O) groups excluding carboxylic acids is 2. The molecule has 7 nitrogen and oxygen atoms in total. The highest BCUT2D eigenvalue weighted by molar-refractivity contribution is 7.89. The third-order valence-electron chi connectivity index (χ3n) is 4.20. The van der Waals surface area contributed by atoms with Gasteiger partial charge in [0, 0.05) is 12.2 Å². The zero-order valence-corrected chi connectivity index (χ0v) is 17.2. The number of halogens is 1. The highest BCUT2D eigenvalue weighted by atomic mass is 32.2. The molecule has 1 amide bonds. The lowest BCUT2D eigenvalue weighted by molar-refractivity contribution is -0.152. The van der Waals surface area contributed by atoms with E-state index in [9.17, 15) is 22.4 Å². The van der Waals surface area contributed by atoms with E-state index >= 15 is 0 Å². The van der Waals surface area contributed by atoms with E-state index in [1.807, 2.05) is 13.8 Å². The van der Waals surface area contributed by atoms with Crippen LogP contribution >= 0.6 is 0 Å². The topological polar surface area (TPSA) is 102 Å². The smallest absolute Gasteiger partial charge is 0.307 e. The summed E-state index contributed by atoms with van der Waals surface area (Å²) in [5.74, 6) is -1.75. The molecular formula is C20H23FN2O5S. The van der Waals surface area contributed by atoms with Gasteiger partial charge in [0.05, 0.1) is 11.3 Å². The molecule has 0 heterocycles. The zero-order valence-electron chi connectivity index (χ0n) is 16.4. The second-order valence-electron chi connectivity index (χ2n) is 6.52. The minimum atomic E-state index is -3.75. The Labute approximate surface area is 169 Å². The maximum absolute atomic E-state index is 12.9. The fourth-order valence-corrected chi connectivity index (χ4v) is 3.46. The molecule has 0 unspecified atom stereocenters. The van der Waals surface area contributed by atoms with Gasteiger partial charge in [0.25, 0.3) is 5.91 Å². The summed E-state index contributed by atoms with van der Waals surface area (Å²) in [6.45, 7) is 4.91. The van der Waals surface area contributed by atoms with Crippen LogP contribution in [0.25, 0.3) is 0 Å². The molecular weight excluding hydrogens is 399 g/mol. The number of nitrogens with one attached hydrogen (secondary N) is 2. The van der Waals surface area contributed by atoms with Gasteiger partial charge in [-0.1, -0.05) is 6.07 Å². The second kappa shape index (κ2) is 9.62. The Balaban J connectivity index is 1.81. The van der Waals surface area contributed by atoms with Crippen molar-refractivity contribution in [1.29, 1.82) is 0 Å². The molecule has 0 fully saturated rings. The molecule has 1 atom stereocenters. The number of aryl methyl sites for hydroxylation is 2. The molecule has 0 aromatic heterocycles. The van der Waals surface area contributed by atoms with Crippen molar-refractivity contribution in [3.63, 3.8) is 0 Å². The Morgan fingerprint density at radius 2 is 1.72 bits per heavy atom. The van der Waals surface area contributed by atoms with Crippen molar-refractivity contribution < 1.29 is 27.1 Å². The van der Waals surface area contributed by atoms with E-state index in [4.69, 9.17) is 4.74 Å². The summed E-state index contributed by atoms with van der Waals surface area (Å²) in [5.41, 5.74) is 2.18. The van der Waals surface area contributed by atoms with E-state index in [2.05, 4.69) is 10.0 Å². The Bertz CT molecular complexity index is 990. The van der Waals surface area contributed by atoms with Crippen LogP contribution < -0.4 is 10.0 Å². The van der Waals surface area contributed by atoms with Crippen LogP contribution in [-0.2, 0) is 24.3 Å². The van der Waals surface area contributed by atoms with Gasteiger partial charge in [-0.3, -0.25) is 9.59 Å². The van der Waals surface area contributed by atoms with Crippen molar-refractivity contribution in [1.82, 2.24) is 4.72 Å². The Morgan fingerprint density at radius 3 is 2.34 bits per heavy atom. The Kier molecular flexibility index (Phi) is 7.46. The fourth-order valence-electron chi connectivity index (χ4n) is 2.34. The Morgan fingerprint density at radius 1 is 1.07 bits per heavy atom. The van der Waals surface area contributed by atoms with Crippen LogP contribution in [0.15, 0.2) is 47.4 Å². The lowest BCUT2D eigenvalue weighted by Gasteiger charge is -2.14. The molecule has 156 valence electrons. The van der Waals surface area contributed by atoms with Crippen LogP contribution in [0.4, 0.5) is 10.1 Å². The molecule has 2 rings (SSSR count). The number of rotatable bonds is 8. The number of carbonyl (C=O) groups is 2. The van der Waals surface area contributed by atoms with E-state index < -0.39 is 33.8 Å². The lowest BCUT2D eigenvalue weighted by Crippen LogP contribution is -2.32. The number of sulfonamides is 1. The number of esters is 1. The van der Waals surface area contributed by atoms with E-state index in [1.54, 1.807) is 12.1 Å². The molecule has 2 N–H and O–H groups in total. The molecule has 9 heteroatoms. The first kappa shape index (κ1) is 22.5. The summed E-state index contributed by atoms with van der Waals surface area (Å²) in [7, 11) is -3.75. The number of hydrogen-bond donors (Lipinski definition) is 2. The summed E-state index contributed by atoms with van der Waals surface area (Å²) in [6.07, 6.45) is -1.33. The maximum Gasteiger partial charge on any atom is 0.307 e. The van der Waals surface area contributed by atoms with Gasteiger partial charge in [0.1, 0.15) is 5.82 Å². The van der Waals surface area contributed by atoms with Crippen LogP contribution in [0.2, 0.25) is 0 Å². The third-order valence-corrected chi connectivity index (χ3v) is 5.66. The third kappa shape index (κ3) is 6.65. The summed E-state index contributed by atoms with van der Waals surface area (Å²) in [4.78, 5) is 24.0. The monoisotopic (exact) mass is 422 g/mol. The van der Waals surface area contributed by atoms with E-state index in [-0.39, 0.29) is 17.9 Å². The van der Waals surface area contributed by atoms with Gasteiger partial charge >= 0.3 is 5.97 Å². The molecule has 0 aliphatic carbocycles. The largest absolute Gasteiger partial charge is 0.452 e.